The zero-order valence-electron chi connectivity index (χ0n) is 6.87. The summed E-state index contributed by atoms with van der Waals surface area (Å²) in [5, 5.41) is 5.45. The summed E-state index contributed by atoms with van der Waals surface area (Å²) in [6.45, 7) is 2.03. The Hall–Kier alpha value is -0.900. The number of rotatable bonds is 0. The Labute approximate surface area is 78.5 Å². The van der Waals surface area contributed by atoms with Gasteiger partial charge in [-0.3, -0.25) is 9.67 Å². The van der Waals surface area contributed by atoms with E-state index in [0.717, 1.165) is 21.1 Å². The third-order valence-electron chi connectivity index (χ3n) is 2.00. The van der Waals surface area contributed by atoms with Crippen LogP contribution in [0.5, 0.6) is 0 Å². The van der Waals surface area contributed by atoms with Crippen molar-refractivity contribution in [1.82, 2.24) is 14.8 Å². The number of aromatic nitrogens is 3. The van der Waals surface area contributed by atoms with Gasteiger partial charge in [0.25, 0.3) is 0 Å². The van der Waals surface area contributed by atoms with E-state index >= 15 is 0 Å². The molecular formula is C8H8BrN3. The molecule has 3 nitrogen and oxygen atoms in total. The van der Waals surface area contributed by atoms with E-state index in [4.69, 9.17) is 0 Å². The van der Waals surface area contributed by atoms with Crippen LogP contribution in [0.3, 0.4) is 0 Å². The fraction of sp³-hybridized carbons (Fsp3) is 0.250. The van der Waals surface area contributed by atoms with Crippen molar-refractivity contribution in [2.24, 2.45) is 7.05 Å². The first kappa shape index (κ1) is 7.73. The monoisotopic (exact) mass is 225 g/mol. The first-order valence-corrected chi connectivity index (χ1v) is 4.42. The first-order chi connectivity index (χ1) is 5.70. The summed E-state index contributed by atoms with van der Waals surface area (Å²) in [7, 11) is 1.93. The molecule has 0 saturated heterocycles. The number of nitrogens with zero attached hydrogens (tertiary/aromatic N) is 3. The van der Waals surface area contributed by atoms with Gasteiger partial charge in [0.05, 0.1) is 4.47 Å². The standard InChI is InChI=1S/C8H8BrN3/c1-5-6-3-10-4-7(9)8(6)11-12(5)2/h3-4H,1-2H3. The summed E-state index contributed by atoms with van der Waals surface area (Å²) >= 11 is 3.41. The summed E-state index contributed by atoms with van der Waals surface area (Å²) in [6, 6.07) is 0. The predicted molar refractivity (Wildman–Crippen MR) is 50.9 cm³/mol. The molecule has 2 rings (SSSR count). The summed E-state index contributed by atoms with van der Waals surface area (Å²) in [5.41, 5.74) is 2.11. The molecule has 0 fully saturated rings. The highest BCUT2D eigenvalue weighted by Crippen LogP contribution is 2.22. The van der Waals surface area contributed by atoms with Crippen LogP contribution in [-0.4, -0.2) is 14.8 Å². The Kier molecular flexibility index (Phi) is 1.65. The zero-order valence-corrected chi connectivity index (χ0v) is 8.46. The maximum absolute atomic E-state index is 4.34. The van der Waals surface area contributed by atoms with Gasteiger partial charge in [0.1, 0.15) is 5.52 Å². The molecule has 0 saturated carbocycles. The van der Waals surface area contributed by atoms with Crippen LogP contribution in [0, 0.1) is 6.92 Å². The van der Waals surface area contributed by atoms with E-state index in [1.165, 1.54) is 0 Å². The second-order valence-corrected chi connectivity index (χ2v) is 3.58. The predicted octanol–water partition coefficient (Wildman–Crippen LogP) is 2.04. The summed E-state index contributed by atoms with van der Waals surface area (Å²) in [4.78, 5) is 4.09. The van der Waals surface area contributed by atoms with Gasteiger partial charge in [-0.25, -0.2) is 0 Å². The van der Waals surface area contributed by atoms with E-state index in [-0.39, 0.29) is 0 Å². The summed E-state index contributed by atoms with van der Waals surface area (Å²) < 4.78 is 2.81. The van der Waals surface area contributed by atoms with Crippen LogP contribution in [0.4, 0.5) is 0 Å². The minimum atomic E-state index is 0.948. The van der Waals surface area contributed by atoms with Gasteiger partial charge in [-0.15, -0.1) is 0 Å². The van der Waals surface area contributed by atoms with Crippen LogP contribution in [0.1, 0.15) is 5.69 Å². The summed E-state index contributed by atoms with van der Waals surface area (Å²) in [6.07, 6.45) is 3.59. The lowest BCUT2D eigenvalue weighted by atomic mass is 10.3. The van der Waals surface area contributed by atoms with E-state index < -0.39 is 0 Å². The van der Waals surface area contributed by atoms with Gasteiger partial charge in [-0.05, 0) is 22.9 Å². The number of fused-ring (bicyclic) bond motifs is 1. The molecular weight excluding hydrogens is 218 g/mol. The van der Waals surface area contributed by atoms with Crippen LogP contribution >= 0.6 is 15.9 Å². The minimum Gasteiger partial charge on any atom is -0.272 e. The highest BCUT2D eigenvalue weighted by molar-refractivity contribution is 9.10. The Morgan fingerprint density at radius 1 is 1.42 bits per heavy atom. The molecule has 0 aliphatic carbocycles. The topological polar surface area (TPSA) is 30.7 Å². The van der Waals surface area contributed by atoms with E-state index in [1.54, 1.807) is 6.20 Å². The van der Waals surface area contributed by atoms with E-state index in [0.29, 0.717) is 0 Å². The molecule has 0 bridgehead atoms. The van der Waals surface area contributed by atoms with Gasteiger partial charge in [0, 0.05) is 30.5 Å². The molecule has 2 aromatic heterocycles. The van der Waals surface area contributed by atoms with E-state index in [1.807, 2.05) is 24.9 Å². The SMILES string of the molecule is Cc1c2cncc(Br)c2nn1C. The molecule has 0 amide bonds. The molecule has 4 heteroatoms. The number of hydrogen-bond donors (Lipinski definition) is 0. The fourth-order valence-corrected chi connectivity index (χ4v) is 1.60. The fourth-order valence-electron chi connectivity index (χ4n) is 1.19. The van der Waals surface area contributed by atoms with Gasteiger partial charge in [-0.1, -0.05) is 0 Å². The van der Waals surface area contributed by atoms with Crippen molar-refractivity contribution in [3.05, 3.63) is 22.6 Å². The molecule has 0 atom stereocenters. The van der Waals surface area contributed by atoms with Gasteiger partial charge in [-0.2, -0.15) is 5.10 Å². The van der Waals surface area contributed by atoms with Crippen LogP contribution < -0.4 is 0 Å². The smallest absolute Gasteiger partial charge is 0.110 e. The van der Waals surface area contributed by atoms with Crippen molar-refractivity contribution in [3.8, 4) is 0 Å². The van der Waals surface area contributed by atoms with Crippen LogP contribution in [0.25, 0.3) is 10.9 Å². The molecule has 0 aliphatic rings. The lowest BCUT2D eigenvalue weighted by molar-refractivity contribution is 0.750. The highest BCUT2D eigenvalue weighted by atomic mass is 79.9. The van der Waals surface area contributed by atoms with E-state index in [9.17, 15) is 0 Å². The van der Waals surface area contributed by atoms with Gasteiger partial charge in [0.15, 0.2) is 0 Å². The quantitative estimate of drug-likeness (QED) is 0.688. The molecule has 62 valence electrons. The maximum atomic E-state index is 4.34. The Morgan fingerprint density at radius 2 is 2.17 bits per heavy atom. The number of hydrogen-bond acceptors (Lipinski definition) is 2. The zero-order chi connectivity index (χ0) is 8.72. The highest BCUT2D eigenvalue weighted by Gasteiger charge is 2.06. The molecule has 0 unspecified atom stereocenters. The molecule has 0 aromatic carbocycles. The third-order valence-corrected chi connectivity index (χ3v) is 2.58. The van der Waals surface area contributed by atoms with Crippen molar-refractivity contribution >= 4 is 26.8 Å². The van der Waals surface area contributed by atoms with Gasteiger partial charge < -0.3 is 0 Å². The Bertz CT molecular complexity index is 433. The summed E-state index contributed by atoms with van der Waals surface area (Å²) in [5.74, 6) is 0. The number of aryl methyl sites for hydroxylation is 2. The lowest BCUT2D eigenvalue weighted by Gasteiger charge is -1.90. The average molecular weight is 226 g/mol. The minimum absolute atomic E-state index is 0.948. The first-order valence-electron chi connectivity index (χ1n) is 3.63. The second kappa shape index (κ2) is 2.55. The molecule has 0 radical (unpaired) electrons. The third kappa shape index (κ3) is 0.948. The van der Waals surface area contributed by atoms with Crippen LogP contribution in [0.2, 0.25) is 0 Å². The van der Waals surface area contributed by atoms with E-state index in [2.05, 4.69) is 26.0 Å². The largest absolute Gasteiger partial charge is 0.272 e. The van der Waals surface area contributed by atoms with Gasteiger partial charge >= 0.3 is 0 Å². The lowest BCUT2D eigenvalue weighted by Crippen LogP contribution is -1.91. The van der Waals surface area contributed by atoms with Crippen molar-refractivity contribution < 1.29 is 0 Å². The van der Waals surface area contributed by atoms with Crippen LogP contribution in [-0.2, 0) is 7.05 Å². The maximum Gasteiger partial charge on any atom is 0.110 e. The molecule has 0 spiro atoms. The van der Waals surface area contributed by atoms with Crippen molar-refractivity contribution in [1.29, 1.82) is 0 Å². The van der Waals surface area contributed by atoms with Crippen molar-refractivity contribution in [2.45, 2.75) is 6.92 Å². The molecule has 12 heavy (non-hydrogen) atoms. The van der Waals surface area contributed by atoms with Crippen molar-refractivity contribution in [2.75, 3.05) is 0 Å². The number of pyridine rings is 1. The molecule has 2 heterocycles. The Balaban J connectivity index is 2.95. The Morgan fingerprint density at radius 3 is 2.83 bits per heavy atom. The molecule has 2 aromatic rings. The van der Waals surface area contributed by atoms with Crippen LogP contribution in [0.15, 0.2) is 16.9 Å². The molecule has 0 N–H and O–H groups in total. The number of halogens is 1. The van der Waals surface area contributed by atoms with Gasteiger partial charge in [0.2, 0.25) is 0 Å². The average Bonchev–Trinajstić information content (AvgIpc) is 2.32. The normalized spacial score (nSPS) is 10.9. The second-order valence-electron chi connectivity index (χ2n) is 2.73. The van der Waals surface area contributed by atoms with Crippen molar-refractivity contribution in [3.63, 3.8) is 0 Å². The molecule has 0 aliphatic heterocycles.